The zero-order valence-electron chi connectivity index (χ0n) is 16.5. The Hall–Kier alpha value is -1.30. The molecule has 0 atom stereocenters. The zero-order chi connectivity index (χ0) is 18.6. The average Bonchev–Trinajstić information content (AvgIpc) is 2.63. The van der Waals surface area contributed by atoms with Crippen molar-refractivity contribution in [1.29, 1.82) is 5.26 Å². The lowest BCUT2D eigenvalue weighted by molar-refractivity contribution is -0.138. The largest absolute Gasteiger partial charge is 0.462 e. The van der Waals surface area contributed by atoms with Crippen LogP contribution >= 0.6 is 0 Å². The van der Waals surface area contributed by atoms with Gasteiger partial charge >= 0.3 is 5.97 Å². The third-order valence-corrected chi connectivity index (χ3v) is 4.61. The predicted octanol–water partition coefficient (Wildman–Crippen LogP) is 6.87. The van der Waals surface area contributed by atoms with Gasteiger partial charge in [0.1, 0.15) is 11.6 Å². The van der Waals surface area contributed by atoms with Crippen molar-refractivity contribution in [1.82, 2.24) is 0 Å². The molecule has 3 nitrogen and oxygen atoms in total. The number of carbonyl (C=O) groups is 1. The molecule has 0 aliphatic carbocycles. The summed E-state index contributed by atoms with van der Waals surface area (Å²) in [5, 5.41) is 8.50. The normalized spacial score (nSPS) is 10.4. The van der Waals surface area contributed by atoms with E-state index in [4.69, 9.17) is 10.00 Å². The molecule has 0 radical (unpaired) electrons. The molecule has 0 spiro atoms. The summed E-state index contributed by atoms with van der Waals surface area (Å²) in [5.74, 6) is -0.580. The fourth-order valence-corrected chi connectivity index (χ4v) is 2.95. The Labute approximate surface area is 155 Å². The van der Waals surface area contributed by atoms with E-state index in [-0.39, 0.29) is 5.57 Å². The smallest absolute Gasteiger partial charge is 0.348 e. The van der Waals surface area contributed by atoms with E-state index in [1.807, 2.05) is 0 Å². The molecule has 0 aromatic rings. The fraction of sp³-hybridized carbons (Fsp3) is 0.818. The Balaban J connectivity index is 3.11. The number of ether oxygens (including phenoxy) is 1. The van der Waals surface area contributed by atoms with Crippen molar-refractivity contribution in [2.24, 2.45) is 0 Å². The lowest BCUT2D eigenvalue weighted by Crippen LogP contribution is -2.06. The van der Waals surface area contributed by atoms with E-state index >= 15 is 0 Å². The molecule has 0 unspecified atom stereocenters. The monoisotopic (exact) mass is 349 g/mol. The molecule has 144 valence electrons. The minimum absolute atomic E-state index is 0.114. The second-order valence-corrected chi connectivity index (χ2v) is 7.03. The molecule has 0 aromatic heterocycles. The van der Waals surface area contributed by atoms with Gasteiger partial charge in [0.25, 0.3) is 0 Å². The summed E-state index contributed by atoms with van der Waals surface area (Å²) in [6.45, 7) is 6.00. The van der Waals surface area contributed by atoms with Crippen LogP contribution < -0.4 is 0 Å². The summed E-state index contributed by atoms with van der Waals surface area (Å²) in [6.07, 6.45) is 21.2. The maximum absolute atomic E-state index is 11.2. The molecule has 0 amide bonds. The van der Waals surface area contributed by atoms with Gasteiger partial charge in [0.2, 0.25) is 0 Å². The van der Waals surface area contributed by atoms with E-state index in [1.54, 1.807) is 6.07 Å². The standard InChI is InChI=1S/C22H39NO2/c1-3-4-5-6-7-8-9-10-11-12-13-14-15-16-17-18-19-25-22(24)21(2)20-23/h2-19H2,1H3. The van der Waals surface area contributed by atoms with Crippen molar-refractivity contribution in [3.63, 3.8) is 0 Å². The molecule has 0 saturated heterocycles. The molecular weight excluding hydrogens is 310 g/mol. The number of nitriles is 1. The molecule has 0 bridgehead atoms. The minimum Gasteiger partial charge on any atom is -0.462 e. The lowest BCUT2D eigenvalue weighted by atomic mass is 10.0. The molecule has 0 aliphatic rings. The van der Waals surface area contributed by atoms with Crippen LogP contribution in [-0.2, 0) is 9.53 Å². The van der Waals surface area contributed by atoms with Gasteiger partial charge in [0, 0.05) is 0 Å². The van der Waals surface area contributed by atoms with E-state index in [0.717, 1.165) is 12.8 Å². The van der Waals surface area contributed by atoms with Crippen molar-refractivity contribution in [2.45, 2.75) is 110 Å². The van der Waals surface area contributed by atoms with Crippen molar-refractivity contribution in [3.05, 3.63) is 12.2 Å². The molecule has 0 fully saturated rings. The number of esters is 1. The van der Waals surface area contributed by atoms with Gasteiger partial charge in [-0.15, -0.1) is 0 Å². The Morgan fingerprint density at radius 1 is 0.760 bits per heavy atom. The number of rotatable bonds is 18. The molecule has 0 saturated carbocycles. The number of carbonyl (C=O) groups excluding carboxylic acids is 1. The molecule has 0 aromatic carbocycles. The van der Waals surface area contributed by atoms with E-state index < -0.39 is 5.97 Å². The summed E-state index contributed by atoms with van der Waals surface area (Å²) in [7, 11) is 0. The number of unbranched alkanes of at least 4 members (excludes halogenated alkanes) is 15. The molecule has 25 heavy (non-hydrogen) atoms. The quantitative estimate of drug-likeness (QED) is 0.117. The van der Waals surface area contributed by atoms with Crippen molar-refractivity contribution < 1.29 is 9.53 Å². The minimum atomic E-state index is -0.580. The van der Waals surface area contributed by atoms with Crippen LogP contribution in [0.2, 0.25) is 0 Å². The van der Waals surface area contributed by atoms with E-state index in [2.05, 4.69) is 13.5 Å². The lowest BCUT2D eigenvalue weighted by Gasteiger charge is -2.04. The van der Waals surface area contributed by atoms with Crippen molar-refractivity contribution >= 4 is 5.97 Å². The van der Waals surface area contributed by atoms with Crippen LogP contribution in [0.5, 0.6) is 0 Å². The maximum atomic E-state index is 11.2. The highest BCUT2D eigenvalue weighted by Crippen LogP contribution is 2.13. The summed E-state index contributed by atoms with van der Waals surface area (Å²) in [6, 6.07) is 1.70. The Morgan fingerprint density at radius 3 is 1.48 bits per heavy atom. The maximum Gasteiger partial charge on any atom is 0.348 e. The Morgan fingerprint density at radius 2 is 1.12 bits per heavy atom. The van der Waals surface area contributed by atoms with E-state index in [0.29, 0.717) is 6.61 Å². The molecular formula is C22H39NO2. The molecule has 0 N–H and O–H groups in total. The Kier molecular flexibility index (Phi) is 18.0. The third-order valence-electron chi connectivity index (χ3n) is 4.61. The number of hydrogen-bond donors (Lipinski definition) is 0. The summed E-state index contributed by atoms with van der Waals surface area (Å²) >= 11 is 0. The van der Waals surface area contributed by atoms with Crippen molar-refractivity contribution in [2.75, 3.05) is 6.61 Å². The molecule has 3 heteroatoms. The van der Waals surface area contributed by atoms with Crippen LogP contribution in [0.4, 0.5) is 0 Å². The van der Waals surface area contributed by atoms with Gasteiger partial charge in [-0.1, -0.05) is 110 Å². The van der Waals surface area contributed by atoms with Gasteiger partial charge in [-0.3, -0.25) is 0 Å². The van der Waals surface area contributed by atoms with Gasteiger partial charge in [-0.25, -0.2) is 4.79 Å². The van der Waals surface area contributed by atoms with Gasteiger partial charge in [0.15, 0.2) is 0 Å². The van der Waals surface area contributed by atoms with Crippen LogP contribution in [0.1, 0.15) is 110 Å². The second-order valence-electron chi connectivity index (χ2n) is 7.03. The van der Waals surface area contributed by atoms with E-state index in [1.165, 1.54) is 89.9 Å². The predicted molar refractivity (Wildman–Crippen MR) is 105 cm³/mol. The van der Waals surface area contributed by atoms with Crippen LogP contribution in [0, 0.1) is 11.3 Å². The first-order chi connectivity index (χ1) is 12.2. The first kappa shape index (κ1) is 23.7. The van der Waals surface area contributed by atoms with Gasteiger partial charge < -0.3 is 4.74 Å². The van der Waals surface area contributed by atoms with Crippen LogP contribution in [0.3, 0.4) is 0 Å². The summed E-state index contributed by atoms with van der Waals surface area (Å²) < 4.78 is 4.95. The zero-order valence-corrected chi connectivity index (χ0v) is 16.5. The van der Waals surface area contributed by atoms with Crippen LogP contribution in [0.25, 0.3) is 0 Å². The average molecular weight is 350 g/mol. The summed E-state index contributed by atoms with van der Waals surface area (Å²) in [5.41, 5.74) is -0.114. The first-order valence-electron chi connectivity index (χ1n) is 10.5. The first-order valence-corrected chi connectivity index (χ1v) is 10.5. The Bertz CT molecular complexity index is 371. The highest BCUT2D eigenvalue weighted by atomic mass is 16.5. The molecule has 0 heterocycles. The second kappa shape index (κ2) is 19.0. The SMILES string of the molecule is C=C(C#N)C(=O)OCCCCCCCCCCCCCCCCCC. The highest BCUT2D eigenvalue weighted by molar-refractivity contribution is 5.91. The fourth-order valence-electron chi connectivity index (χ4n) is 2.95. The van der Waals surface area contributed by atoms with Gasteiger partial charge in [-0.05, 0) is 6.42 Å². The summed E-state index contributed by atoms with van der Waals surface area (Å²) in [4.78, 5) is 11.2. The van der Waals surface area contributed by atoms with Crippen LogP contribution in [0.15, 0.2) is 12.2 Å². The molecule has 0 rings (SSSR count). The van der Waals surface area contributed by atoms with E-state index in [9.17, 15) is 4.79 Å². The van der Waals surface area contributed by atoms with Gasteiger partial charge in [-0.2, -0.15) is 5.26 Å². The van der Waals surface area contributed by atoms with Gasteiger partial charge in [0.05, 0.1) is 6.61 Å². The third kappa shape index (κ3) is 17.3. The van der Waals surface area contributed by atoms with Crippen molar-refractivity contribution in [3.8, 4) is 6.07 Å². The number of nitrogens with zero attached hydrogens (tertiary/aromatic N) is 1. The van der Waals surface area contributed by atoms with Crippen LogP contribution in [-0.4, -0.2) is 12.6 Å². The number of hydrogen-bond acceptors (Lipinski definition) is 3. The highest BCUT2D eigenvalue weighted by Gasteiger charge is 2.06. The molecule has 0 aliphatic heterocycles. The topological polar surface area (TPSA) is 50.1 Å².